The van der Waals surface area contributed by atoms with E-state index in [1.165, 1.54) is 14.2 Å². The van der Waals surface area contributed by atoms with Gasteiger partial charge in [0.15, 0.2) is 23.6 Å². The molecule has 0 N–H and O–H groups in total. The number of carbonyl (C=O) groups is 2. The van der Waals surface area contributed by atoms with Crippen LogP contribution in [0.1, 0.15) is 26.3 Å². The monoisotopic (exact) mass is 326 g/mol. The Morgan fingerprint density at radius 2 is 1.83 bits per heavy atom. The van der Waals surface area contributed by atoms with E-state index < -0.39 is 0 Å². The van der Waals surface area contributed by atoms with Gasteiger partial charge in [-0.1, -0.05) is 12.7 Å². The summed E-state index contributed by atoms with van der Waals surface area (Å²) in [6, 6.07) is 9.58. The molecule has 2 rings (SSSR count). The summed E-state index contributed by atoms with van der Waals surface area (Å²) in [5.74, 6) is 1.15. The molecule has 0 heterocycles. The standard InChI is InChI=1S/C19H18O5/c1-4-9-24-15-7-5-14(12-20)16(11-15)19(21)13-6-8-17(22-2)18(10-13)23-3/h4-8,10-12H,1,9H2,2-3H3. The highest BCUT2D eigenvalue weighted by molar-refractivity contribution is 6.13. The molecule has 0 aliphatic rings. The van der Waals surface area contributed by atoms with Crippen LogP contribution in [0, 0.1) is 0 Å². The lowest BCUT2D eigenvalue weighted by Gasteiger charge is -2.11. The smallest absolute Gasteiger partial charge is 0.194 e. The summed E-state index contributed by atoms with van der Waals surface area (Å²) in [4.78, 5) is 24.0. The summed E-state index contributed by atoms with van der Waals surface area (Å²) in [6.45, 7) is 3.89. The van der Waals surface area contributed by atoms with Crippen molar-refractivity contribution in [1.29, 1.82) is 0 Å². The lowest BCUT2D eigenvalue weighted by molar-refractivity contribution is 0.102. The summed E-state index contributed by atoms with van der Waals surface area (Å²) in [7, 11) is 3.01. The van der Waals surface area contributed by atoms with E-state index in [0.29, 0.717) is 41.3 Å². The Balaban J connectivity index is 2.44. The van der Waals surface area contributed by atoms with Crippen LogP contribution in [0.2, 0.25) is 0 Å². The van der Waals surface area contributed by atoms with Gasteiger partial charge < -0.3 is 14.2 Å². The third kappa shape index (κ3) is 3.63. The number of benzene rings is 2. The van der Waals surface area contributed by atoms with Gasteiger partial charge >= 0.3 is 0 Å². The Kier molecular flexibility index (Phi) is 5.73. The Morgan fingerprint density at radius 3 is 2.46 bits per heavy atom. The molecule has 24 heavy (non-hydrogen) atoms. The molecular weight excluding hydrogens is 308 g/mol. The molecule has 0 saturated carbocycles. The molecule has 5 heteroatoms. The second-order valence-electron chi connectivity index (χ2n) is 4.87. The lowest BCUT2D eigenvalue weighted by atomic mass is 9.98. The van der Waals surface area contributed by atoms with E-state index in [9.17, 15) is 9.59 Å². The number of ketones is 1. The van der Waals surface area contributed by atoms with Crippen LogP contribution >= 0.6 is 0 Å². The number of hydrogen-bond donors (Lipinski definition) is 0. The second-order valence-corrected chi connectivity index (χ2v) is 4.87. The fourth-order valence-corrected chi connectivity index (χ4v) is 2.21. The number of aldehydes is 1. The largest absolute Gasteiger partial charge is 0.493 e. The van der Waals surface area contributed by atoms with Gasteiger partial charge in [0.1, 0.15) is 12.4 Å². The molecule has 5 nitrogen and oxygen atoms in total. The van der Waals surface area contributed by atoms with E-state index >= 15 is 0 Å². The lowest BCUT2D eigenvalue weighted by Crippen LogP contribution is -2.07. The maximum Gasteiger partial charge on any atom is 0.194 e. The average molecular weight is 326 g/mol. The molecule has 0 atom stereocenters. The van der Waals surface area contributed by atoms with Crippen molar-refractivity contribution in [2.24, 2.45) is 0 Å². The predicted molar refractivity (Wildman–Crippen MR) is 90.5 cm³/mol. The molecule has 0 bridgehead atoms. The number of hydrogen-bond acceptors (Lipinski definition) is 5. The maximum atomic E-state index is 12.8. The van der Waals surface area contributed by atoms with Crippen molar-refractivity contribution in [2.45, 2.75) is 0 Å². The van der Waals surface area contributed by atoms with Crippen molar-refractivity contribution in [3.8, 4) is 17.2 Å². The molecule has 0 unspecified atom stereocenters. The zero-order chi connectivity index (χ0) is 17.5. The molecule has 0 aliphatic carbocycles. The summed E-state index contributed by atoms with van der Waals surface area (Å²) in [5, 5.41) is 0. The first-order valence-electron chi connectivity index (χ1n) is 7.24. The van der Waals surface area contributed by atoms with Gasteiger partial charge in [-0.3, -0.25) is 9.59 Å². The predicted octanol–water partition coefficient (Wildman–Crippen LogP) is 3.31. The van der Waals surface area contributed by atoms with Crippen molar-refractivity contribution >= 4 is 12.1 Å². The van der Waals surface area contributed by atoms with Crippen molar-refractivity contribution < 1.29 is 23.8 Å². The summed E-state index contributed by atoms with van der Waals surface area (Å²) in [5.41, 5.74) is 0.941. The topological polar surface area (TPSA) is 61.8 Å². The van der Waals surface area contributed by atoms with Crippen molar-refractivity contribution in [1.82, 2.24) is 0 Å². The Morgan fingerprint density at radius 1 is 1.08 bits per heavy atom. The van der Waals surface area contributed by atoms with Gasteiger partial charge in [-0.05, 0) is 36.4 Å². The number of carbonyl (C=O) groups excluding carboxylic acids is 2. The first kappa shape index (κ1) is 17.3. The number of ether oxygens (including phenoxy) is 3. The first-order valence-corrected chi connectivity index (χ1v) is 7.24. The molecular formula is C19H18O5. The van der Waals surface area contributed by atoms with Crippen LogP contribution in [0.15, 0.2) is 49.1 Å². The molecule has 0 amide bonds. The van der Waals surface area contributed by atoms with Crippen LogP contribution in [0.25, 0.3) is 0 Å². The molecule has 0 saturated heterocycles. The Hall–Kier alpha value is -3.08. The molecule has 0 spiro atoms. The Labute approximate surface area is 140 Å². The molecule has 2 aromatic rings. The fourth-order valence-electron chi connectivity index (χ4n) is 2.21. The minimum Gasteiger partial charge on any atom is -0.493 e. The fraction of sp³-hybridized carbons (Fsp3) is 0.158. The van der Waals surface area contributed by atoms with Gasteiger partial charge in [-0.15, -0.1) is 0 Å². The molecule has 0 radical (unpaired) electrons. The van der Waals surface area contributed by atoms with Gasteiger partial charge in [0.25, 0.3) is 0 Å². The van der Waals surface area contributed by atoms with Gasteiger partial charge in [0.05, 0.1) is 14.2 Å². The van der Waals surface area contributed by atoms with Crippen LogP contribution in [0.4, 0.5) is 0 Å². The summed E-state index contributed by atoms with van der Waals surface area (Å²) >= 11 is 0. The second kappa shape index (κ2) is 7.97. The van der Waals surface area contributed by atoms with Crippen molar-refractivity contribution in [3.63, 3.8) is 0 Å². The quantitative estimate of drug-likeness (QED) is 0.423. The third-order valence-electron chi connectivity index (χ3n) is 3.41. The van der Waals surface area contributed by atoms with Gasteiger partial charge in [-0.2, -0.15) is 0 Å². The van der Waals surface area contributed by atoms with E-state index in [-0.39, 0.29) is 11.3 Å². The molecule has 0 fully saturated rings. The molecule has 0 aliphatic heterocycles. The summed E-state index contributed by atoms with van der Waals surface area (Å²) < 4.78 is 15.8. The average Bonchev–Trinajstić information content (AvgIpc) is 2.64. The van der Waals surface area contributed by atoms with E-state index in [0.717, 1.165) is 0 Å². The first-order chi connectivity index (χ1) is 11.6. The van der Waals surface area contributed by atoms with E-state index in [2.05, 4.69) is 6.58 Å². The minimum absolute atomic E-state index is 0.263. The van der Waals surface area contributed by atoms with Crippen molar-refractivity contribution in [3.05, 3.63) is 65.7 Å². The normalized spacial score (nSPS) is 9.92. The zero-order valence-corrected chi connectivity index (χ0v) is 13.6. The van der Waals surface area contributed by atoms with Gasteiger partial charge in [0, 0.05) is 16.7 Å². The van der Waals surface area contributed by atoms with Gasteiger partial charge in [-0.25, -0.2) is 0 Å². The van der Waals surface area contributed by atoms with Crippen LogP contribution < -0.4 is 14.2 Å². The van der Waals surface area contributed by atoms with E-state index in [1.807, 2.05) is 0 Å². The van der Waals surface area contributed by atoms with Crippen LogP contribution in [-0.2, 0) is 0 Å². The van der Waals surface area contributed by atoms with Crippen molar-refractivity contribution in [2.75, 3.05) is 20.8 Å². The van der Waals surface area contributed by atoms with Crippen LogP contribution in [-0.4, -0.2) is 32.9 Å². The third-order valence-corrected chi connectivity index (χ3v) is 3.41. The maximum absolute atomic E-state index is 12.8. The Bertz CT molecular complexity index is 764. The highest BCUT2D eigenvalue weighted by atomic mass is 16.5. The SMILES string of the molecule is C=CCOc1ccc(C=O)c(C(=O)c2ccc(OC)c(OC)c2)c1. The number of methoxy groups -OCH3 is 2. The molecule has 2 aromatic carbocycles. The number of rotatable bonds is 8. The molecule has 0 aromatic heterocycles. The minimum atomic E-state index is -0.304. The molecule has 124 valence electrons. The highest BCUT2D eigenvalue weighted by Gasteiger charge is 2.17. The van der Waals surface area contributed by atoms with Gasteiger partial charge in [0.2, 0.25) is 0 Å². The summed E-state index contributed by atoms with van der Waals surface area (Å²) in [6.07, 6.45) is 2.24. The van der Waals surface area contributed by atoms with E-state index in [4.69, 9.17) is 14.2 Å². The van der Waals surface area contributed by atoms with E-state index in [1.54, 1.807) is 42.5 Å². The highest BCUT2D eigenvalue weighted by Crippen LogP contribution is 2.29. The van der Waals surface area contributed by atoms with Crippen LogP contribution in [0.5, 0.6) is 17.2 Å². The van der Waals surface area contributed by atoms with Crippen LogP contribution in [0.3, 0.4) is 0 Å². The zero-order valence-electron chi connectivity index (χ0n) is 13.6.